The van der Waals surface area contributed by atoms with Crippen LogP contribution in [0.4, 0.5) is 0 Å². The summed E-state index contributed by atoms with van der Waals surface area (Å²) in [6, 6.07) is 8.19. The van der Waals surface area contributed by atoms with Gasteiger partial charge in [0.2, 0.25) is 0 Å². The van der Waals surface area contributed by atoms with Crippen molar-refractivity contribution in [3.63, 3.8) is 0 Å². The highest BCUT2D eigenvalue weighted by molar-refractivity contribution is 5.34. The Morgan fingerprint density at radius 3 is 2.85 bits per heavy atom. The average molecular weight is 271 g/mol. The SMILES string of the molecule is CCCOc1cccc(C(NCC)c2cnccn2)c1. The number of aromatic nitrogens is 2. The molecule has 0 spiro atoms. The number of hydrogen-bond donors (Lipinski definition) is 1. The lowest BCUT2D eigenvalue weighted by atomic mass is 10.0. The summed E-state index contributed by atoms with van der Waals surface area (Å²) in [5, 5.41) is 3.44. The lowest BCUT2D eigenvalue weighted by Gasteiger charge is -2.18. The molecule has 20 heavy (non-hydrogen) atoms. The smallest absolute Gasteiger partial charge is 0.119 e. The van der Waals surface area contributed by atoms with Gasteiger partial charge in [0.25, 0.3) is 0 Å². The molecule has 0 aliphatic heterocycles. The molecule has 0 aliphatic rings. The second kappa shape index (κ2) is 7.60. The minimum absolute atomic E-state index is 0.0406. The Balaban J connectivity index is 2.25. The van der Waals surface area contributed by atoms with E-state index >= 15 is 0 Å². The first-order valence-electron chi connectivity index (χ1n) is 7.07. The molecule has 0 saturated carbocycles. The zero-order valence-corrected chi connectivity index (χ0v) is 12.0. The molecular formula is C16H21N3O. The predicted molar refractivity (Wildman–Crippen MR) is 79.8 cm³/mol. The summed E-state index contributed by atoms with van der Waals surface area (Å²) in [6.45, 7) is 5.79. The Morgan fingerprint density at radius 2 is 2.15 bits per heavy atom. The third-order valence-electron chi connectivity index (χ3n) is 2.95. The van der Waals surface area contributed by atoms with Gasteiger partial charge in [-0.2, -0.15) is 0 Å². The van der Waals surface area contributed by atoms with Gasteiger partial charge in [0.05, 0.1) is 24.5 Å². The van der Waals surface area contributed by atoms with Gasteiger partial charge in [0, 0.05) is 12.4 Å². The Bertz CT molecular complexity index is 516. The maximum atomic E-state index is 5.70. The molecule has 1 heterocycles. The summed E-state index contributed by atoms with van der Waals surface area (Å²) in [5.74, 6) is 0.899. The Hall–Kier alpha value is -1.94. The van der Waals surface area contributed by atoms with Crippen LogP contribution in [0.15, 0.2) is 42.9 Å². The molecule has 0 aliphatic carbocycles. The molecular weight excluding hydrogens is 250 g/mol. The second-order valence-corrected chi connectivity index (χ2v) is 4.54. The fraction of sp³-hybridized carbons (Fsp3) is 0.375. The first kappa shape index (κ1) is 14.5. The van der Waals surface area contributed by atoms with Crippen molar-refractivity contribution >= 4 is 0 Å². The fourth-order valence-corrected chi connectivity index (χ4v) is 2.06. The first-order chi connectivity index (χ1) is 9.85. The fourth-order valence-electron chi connectivity index (χ4n) is 2.06. The van der Waals surface area contributed by atoms with Crippen molar-refractivity contribution < 1.29 is 4.74 Å². The van der Waals surface area contributed by atoms with Crippen LogP contribution in [0.1, 0.15) is 37.6 Å². The molecule has 2 aromatic rings. The van der Waals surface area contributed by atoms with Gasteiger partial charge in [0.15, 0.2) is 0 Å². The summed E-state index contributed by atoms with van der Waals surface area (Å²) >= 11 is 0. The molecule has 2 rings (SSSR count). The highest BCUT2D eigenvalue weighted by atomic mass is 16.5. The van der Waals surface area contributed by atoms with Gasteiger partial charge >= 0.3 is 0 Å². The molecule has 0 amide bonds. The van der Waals surface area contributed by atoms with Crippen molar-refractivity contribution in [1.82, 2.24) is 15.3 Å². The molecule has 1 aromatic carbocycles. The highest BCUT2D eigenvalue weighted by Gasteiger charge is 2.14. The van der Waals surface area contributed by atoms with Crippen molar-refractivity contribution in [3.8, 4) is 5.75 Å². The summed E-state index contributed by atoms with van der Waals surface area (Å²) < 4.78 is 5.70. The number of nitrogens with one attached hydrogen (secondary N) is 1. The Morgan fingerprint density at radius 1 is 1.25 bits per heavy atom. The van der Waals surface area contributed by atoms with Gasteiger partial charge in [-0.1, -0.05) is 26.0 Å². The van der Waals surface area contributed by atoms with Crippen LogP contribution in [-0.4, -0.2) is 23.1 Å². The van der Waals surface area contributed by atoms with Crippen LogP contribution >= 0.6 is 0 Å². The lowest BCUT2D eigenvalue weighted by molar-refractivity contribution is 0.317. The van der Waals surface area contributed by atoms with E-state index in [-0.39, 0.29) is 6.04 Å². The molecule has 0 fully saturated rings. The molecule has 4 nitrogen and oxygen atoms in total. The van der Waals surface area contributed by atoms with E-state index in [1.807, 2.05) is 12.1 Å². The van der Waals surface area contributed by atoms with Crippen molar-refractivity contribution in [3.05, 3.63) is 54.1 Å². The topological polar surface area (TPSA) is 47.0 Å². The second-order valence-electron chi connectivity index (χ2n) is 4.54. The Kier molecular flexibility index (Phi) is 5.50. The molecule has 0 radical (unpaired) electrons. The highest BCUT2D eigenvalue weighted by Crippen LogP contribution is 2.23. The molecule has 1 unspecified atom stereocenters. The molecule has 106 valence electrons. The van der Waals surface area contributed by atoms with E-state index in [9.17, 15) is 0 Å². The molecule has 0 saturated heterocycles. The van der Waals surface area contributed by atoms with Crippen LogP contribution in [0.25, 0.3) is 0 Å². The maximum Gasteiger partial charge on any atom is 0.119 e. The van der Waals surface area contributed by atoms with Crippen LogP contribution in [-0.2, 0) is 0 Å². The van der Waals surface area contributed by atoms with Crippen LogP contribution in [0, 0.1) is 0 Å². The van der Waals surface area contributed by atoms with Crippen LogP contribution in [0.5, 0.6) is 5.75 Å². The zero-order valence-electron chi connectivity index (χ0n) is 12.0. The molecule has 1 atom stereocenters. The minimum Gasteiger partial charge on any atom is -0.494 e. The normalized spacial score (nSPS) is 12.1. The number of rotatable bonds is 7. The van der Waals surface area contributed by atoms with Gasteiger partial charge in [-0.25, -0.2) is 0 Å². The van der Waals surface area contributed by atoms with Crippen LogP contribution in [0.2, 0.25) is 0 Å². The maximum absolute atomic E-state index is 5.70. The largest absolute Gasteiger partial charge is 0.494 e. The van der Waals surface area contributed by atoms with E-state index in [0.29, 0.717) is 0 Å². The third-order valence-corrected chi connectivity index (χ3v) is 2.95. The van der Waals surface area contributed by atoms with Gasteiger partial charge < -0.3 is 10.1 Å². The van der Waals surface area contributed by atoms with Crippen LogP contribution in [0.3, 0.4) is 0 Å². The van der Waals surface area contributed by atoms with Gasteiger partial charge in [-0.05, 0) is 30.7 Å². The predicted octanol–water partition coefficient (Wildman–Crippen LogP) is 2.96. The summed E-state index contributed by atoms with van der Waals surface area (Å²) in [5.41, 5.74) is 2.06. The number of hydrogen-bond acceptors (Lipinski definition) is 4. The van der Waals surface area contributed by atoms with Crippen molar-refractivity contribution in [2.75, 3.05) is 13.2 Å². The molecule has 4 heteroatoms. The molecule has 1 N–H and O–H groups in total. The number of ether oxygens (including phenoxy) is 1. The standard InChI is InChI=1S/C16H21N3O/c1-3-10-20-14-7-5-6-13(11-14)16(18-4-2)15-12-17-8-9-19-15/h5-9,11-12,16,18H,3-4,10H2,1-2H3. The summed E-state index contributed by atoms with van der Waals surface area (Å²) in [6.07, 6.45) is 6.21. The van der Waals surface area contributed by atoms with E-state index in [1.54, 1.807) is 18.6 Å². The Labute approximate surface area is 120 Å². The van der Waals surface area contributed by atoms with Crippen LogP contribution < -0.4 is 10.1 Å². The zero-order chi connectivity index (χ0) is 14.2. The summed E-state index contributed by atoms with van der Waals surface area (Å²) in [7, 11) is 0. The average Bonchev–Trinajstić information content (AvgIpc) is 2.52. The van der Waals surface area contributed by atoms with E-state index < -0.39 is 0 Å². The van der Waals surface area contributed by atoms with Crippen molar-refractivity contribution in [2.24, 2.45) is 0 Å². The number of nitrogens with zero attached hydrogens (tertiary/aromatic N) is 2. The summed E-state index contributed by atoms with van der Waals surface area (Å²) in [4.78, 5) is 8.55. The van der Waals surface area contributed by atoms with Gasteiger partial charge in [-0.15, -0.1) is 0 Å². The monoisotopic (exact) mass is 271 g/mol. The van der Waals surface area contributed by atoms with Crippen molar-refractivity contribution in [2.45, 2.75) is 26.3 Å². The molecule has 0 bridgehead atoms. The lowest BCUT2D eigenvalue weighted by Crippen LogP contribution is -2.23. The van der Waals surface area contributed by atoms with E-state index in [4.69, 9.17) is 4.74 Å². The van der Waals surface area contributed by atoms with Gasteiger partial charge in [-0.3, -0.25) is 9.97 Å². The first-order valence-corrected chi connectivity index (χ1v) is 7.07. The third kappa shape index (κ3) is 3.78. The van der Waals surface area contributed by atoms with E-state index in [1.165, 1.54) is 0 Å². The minimum atomic E-state index is 0.0406. The molecule has 1 aromatic heterocycles. The van der Waals surface area contributed by atoms with Gasteiger partial charge in [0.1, 0.15) is 5.75 Å². The number of benzene rings is 1. The van der Waals surface area contributed by atoms with E-state index in [0.717, 1.165) is 36.6 Å². The quantitative estimate of drug-likeness (QED) is 0.841. The van der Waals surface area contributed by atoms with E-state index in [2.05, 4.69) is 41.3 Å². The van der Waals surface area contributed by atoms with Crippen molar-refractivity contribution in [1.29, 1.82) is 0 Å².